The molecule has 2 unspecified atom stereocenters. The zero-order chi connectivity index (χ0) is 13.9. The number of sulfone groups is 1. The van der Waals surface area contributed by atoms with Gasteiger partial charge in [-0.3, -0.25) is 0 Å². The van der Waals surface area contributed by atoms with Crippen molar-refractivity contribution in [2.24, 2.45) is 5.73 Å². The number of rotatable bonds is 6. The molecule has 2 rings (SSSR count). The summed E-state index contributed by atoms with van der Waals surface area (Å²) in [6, 6.07) is 7.87. The fourth-order valence-electron chi connectivity index (χ4n) is 2.43. The maximum Gasteiger partial charge on any atom is 0.150 e. The summed E-state index contributed by atoms with van der Waals surface area (Å²) in [4.78, 5) is 0. The molecule has 2 atom stereocenters. The summed E-state index contributed by atoms with van der Waals surface area (Å²) in [6.07, 6.45) is 1.33. The van der Waals surface area contributed by atoms with Crippen LogP contribution in [0, 0.1) is 0 Å². The summed E-state index contributed by atoms with van der Waals surface area (Å²) in [6.45, 7) is 2.28. The number of benzene rings is 1. The third kappa shape index (κ3) is 3.48. The molecule has 0 saturated heterocycles. The number of fused-ring (bicyclic) bond motifs is 1. The van der Waals surface area contributed by atoms with Crippen LogP contribution in [0.15, 0.2) is 24.3 Å². The number of hydrogen-bond acceptors (Lipinski definition) is 4. The van der Waals surface area contributed by atoms with Crippen LogP contribution in [0.1, 0.15) is 31.2 Å². The Kier molecular flexibility index (Phi) is 4.47. The molecule has 0 amide bonds. The van der Waals surface area contributed by atoms with Gasteiger partial charge in [-0.1, -0.05) is 25.1 Å². The molecule has 0 radical (unpaired) electrons. The lowest BCUT2D eigenvalue weighted by atomic mass is 9.91. The van der Waals surface area contributed by atoms with Crippen molar-refractivity contribution in [2.45, 2.75) is 31.7 Å². The predicted molar refractivity (Wildman–Crippen MR) is 76.2 cm³/mol. The zero-order valence-corrected chi connectivity index (χ0v) is 12.0. The Morgan fingerprint density at radius 1 is 1.42 bits per heavy atom. The van der Waals surface area contributed by atoms with Crippen molar-refractivity contribution in [3.8, 4) is 5.75 Å². The molecule has 19 heavy (non-hydrogen) atoms. The highest BCUT2D eigenvalue weighted by molar-refractivity contribution is 7.91. The second kappa shape index (κ2) is 5.92. The van der Waals surface area contributed by atoms with Crippen molar-refractivity contribution in [2.75, 3.05) is 18.1 Å². The van der Waals surface area contributed by atoms with Crippen LogP contribution in [0.4, 0.5) is 0 Å². The maximum absolute atomic E-state index is 11.4. The number of ether oxygens (including phenoxy) is 1. The van der Waals surface area contributed by atoms with Gasteiger partial charge in [-0.05, 0) is 18.9 Å². The molecule has 0 spiro atoms. The number of hydrogen-bond donors (Lipinski definition) is 1. The third-order valence-electron chi connectivity index (χ3n) is 3.69. The van der Waals surface area contributed by atoms with E-state index in [0.29, 0.717) is 19.4 Å². The van der Waals surface area contributed by atoms with Crippen LogP contribution in [0.3, 0.4) is 0 Å². The Morgan fingerprint density at radius 2 is 2.16 bits per heavy atom. The molecule has 0 fully saturated rings. The Labute approximate surface area is 114 Å². The van der Waals surface area contributed by atoms with Gasteiger partial charge in [0.2, 0.25) is 0 Å². The quantitative estimate of drug-likeness (QED) is 0.863. The van der Waals surface area contributed by atoms with Gasteiger partial charge in [0, 0.05) is 23.3 Å². The zero-order valence-electron chi connectivity index (χ0n) is 11.2. The molecule has 1 aromatic rings. The summed E-state index contributed by atoms with van der Waals surface area (Å²) in [5, 5.41) is 0. The first kappa shape index (κ1) is 14.3. The second-order valence-corrected chi connectivity index (χ2v) is 7.47. The summed E-state index contributed by atoms with van der Waals surface area (Å²) in [7, 11) is -2.89. The summed E-state index contributed by atoms with van der Waals surface area (Å²) < 4.78 is 28.5. The minimum atomic E-state index is -2.89. The van der Waals surface area contributed by atoms with E-state index in [1.165, 1.54) is 0 Å². The first-order chi connectivity index (χ1) is 9.03. The van der Waals surface area contributed by atoms with Gasteiger partial charge in [0.1, 0.15) is 15.6 Å². The number of para-hydroxylation sites is 1. The van der Waals surface area contributed by atoms with Crippen LogP contribution < -0.4 is 10.5 Å². The lowest BCUT2D eigenvalue weighted by Gasteiger charge is -2.18. The van der Waals surface area contributed by atoms with Gasteiger partial charge in [0.05, 0.1) is 12.4 Å². The molecule has 1 heterocycles. The van der Waals surface area contributed by atoms with Gasteiger partial charge in [-0.2, -0.15) is 0 Å². The molecule has 1 aliphatic heterocycles. The number of nitrogens with two attached hydrogens (primary N) is 1. The van der Waals surface area contributed by atoms with Gasteiger partial charge in [-0.25, -0.2) is 8.42 Å². The van der Waals surface area contributed by atoms with Gasteiger partial charge in [-0.15, -0.1) is 0 Å². The lowest BCUT2D eigenvalue weighted by molar-refractivity contribution is 0.309. The summed E-state index contributed by atoms with van der Waals surface area (Å²) >= 11 is 0. The highest BCUT2D eigenvalue weighted by Crippen LogP contribution is 2.35. The lowest BCUT2D eigenvalue weighted by Crippen LogP contribution is -2.30. The van der Waals surface area contributed by atoms with E-state index in [9.17, 15) is 8.42 Å². The second-order valence-electron chi connectivity index (χ2n) is 5.00. The molecule has 1 aromatic carbocycles. The fraction of sp³-hybridized carbons (Fsp3) is 0.571. The monoisotopic (exact) mass is 283 g/mol. The Hall–Kier alpha value is -1.07. The van der Waals surface area contributed by atoms with Crippen molar-refractivity contribution in [1.82, 2.24) is 0 Å². The molecule has 2 N–H and O–H groups in total. The van der Waals surface area contributed by atoms with E-state index in [2.05, 4.69) is 0 Å². The predicted octanol–water partition coefficient (Wildman–Crippen LogP) is 1.70. The Bertz CT molecular complexity index is 527. The van der Waals surface area contributed by atoms with Crippen LogP contribution >= 0.6 is 0 Å². The van der Waals surface area contributed by atoms with Crippen molar-refractivity contribution >= 4 is 9.84 Å². The van der Waals surface area contributed by atoms with Crippen LogP contribution in [0.25, 0.3) is 0 Å². The van der Waals surface area contributed by atoms with Crippen LogP contribution in [0.2, 0.25) is 0 Å². The van der Waals surface area contributed by atoms with E-state index in [4.69, 9.17) is 10.5 Å². The first-order valence-corrected chi connectivity index (χ1v) is 8.53. The topological polar surface area (TPSA) is 69.4 Å². The van der Waals surface area contributed by atoms with E-state index >= 15 is 0 Å². The van der Waals surface area contributed by atoms with Gasteiger partial charge >= 0.3 is 0 Å². The van der Waals surface area contributed by atoms with Gasteiger partial charge in [0.15, 0.2) is 0 Å². The van der Waals surface area contributed by atoms with E-state index in [0.717, 1.165) is 11.3 Å². The Balaban J connectivity index is 1.90. The maximum atomic E-state index is 11.4. The molecule has 1 aliphatic rings. The normalized spacial score (nSPS) is 19.8. The molecule has 106 valence electrons. The molecule has 4 nitrogen and oxygen atoms in total. The average Bonchev–Trinajstić information content (AvgIpc) is 2.82. The molecule has 0 saturated carbocycles. The van der Waals surface area contributed by atoms with Crippen LogP contribution in [0.5, 0.6) is 5.75 Å². The van der Waals surface area contributed by atoms with Crippen molar-refractivity contribution in [3.63, 3.8) is 0 Å². The van der Waals surface area contributed by atoms with Crippen LogP contribution in [-0.2, 0) is 9.84 Å². The van der Waals surface area contributed by atoms with Crippen molar-refractivity contribution < 1.29 is 13.2 Å². The standard InChI is InChI=1S/C14H21NO3S/c1-2-19(16,17)9-5-7-13(15)12-10-18-14-8-4-3-6-11(12)14/h3-4,6,8,12-13H,2,5,7,9-10,15H2,1H3. The van der Waals surface area contributed by atoms with Crippen molar-refractivity contribution in [3.05, 3.63) is 29.8 Å². The molecule has 5 heteroatoms. The minimum Gasteiger partial charge on any atom is -0.493 e. The van der Waals surface area contributed by atoms with Gasteiger partial charge < -0.3 is 10.5 Å². The van der Waals surface area contributed by atoms with Crippen LogP contribution in [-0.4, -0.2) is 32.6 Å². The molecular formula is C14H21NO3S. The SMILES string of the molecule is CCS(=O)(=O)CCCC(N)C1COc2ccccc21. The summed E-state index contributed by atoms with van der Waals surface area (Å²) in [5.41, 5.74) is 7.34. The third-order valence-corrected chi connectivity index (χ3v) is 5.48. The molecule has 0 aliphatic carbocycles. The van der Waals surface area contributed by atoms with Crippen molar-refractivity contribution in [1.29, 1.82) is 0 Å². The molecule has 0 bridgehead atoms. The van der Waals surface area contributed by atoms with E-state index in [1.807, 2.05) is 24.3 Å². The average molecular weight is 283 g/mol. The highest BCUT2D eigenvalue weighted by Gasteiger charge is 2.28. The Morgan fingerprint density at radius 3 is 2.89 bits per heavy atom. The molecular weight excluding hydrogens is 262 g/mol. The minimum absolute atomic E-state index is 0.0456. The fourth-order valence-corrected chi connectivity index (χ4v) is 3.32. The molecule has 0 aromatic heterocycles. The largest absolute Gasteiger partial charge is 0.493 e. The van der Waals surface area contributed by atoms with E-state index in [1.54, 1.807) is 6.92 Å². The summed E-state index contributed by atoms with van der Waals surface area (Å²) in [5.74, 6) is 1.52. The first-order valence-electron chi connectivity index (χ1n) is 6.71. The van der Waals surface area contributed by atoms with Gasteiger partial charge in [0.25, 0.3) is 0 Å². The highest BCUT2D eigenvalue weighted by atomic mass is 32.2. The van der Waals surface area contributed by atoms with E-state index < -0.39 is 9.84 Å². The van der Waals surface area contributed by atoms with E-state index in [-0.39, 0.29) is 23.5 Å². The smallest absolute Gasteiger partial charge is 0.150 e.